The van der Waals surface area contributed by atoms with E-state index in [1.807, 2.05) is 0 Å². The van der Waals surface area contributed by atoms with Crippen LogP contribution in [0.2, 0.25) is 0 Å². The summed E-state index contributed by atoms with van der Waals surface area (Å²) >= 11 is 0. The predicted octanol–water partition coefficient (Wildman–Crippen LogP) is 2.94. The van der Waals surface area contributed by atoms with E-state index in [9.17, 15) is 49.2 Å². The molecule has 5 amide bonds. The SMILES string of the molecule is CCCCCCCC(N)C(O)C(=O)NC(C(=O)N(C)C(C(=O)N(C)C(Cc1ccc(O)cc1)C(=O)N1CCCC1C(=O)NC(Cc1ccc(O)cc1)C(=O)O)C(C)C)C(C)C. The molecule has 2 aromatic carbocycles. The number of carboxylic acids is 1. The highest BCUT2D eigenvalue weighted by molar-refractivity contribution is 5.97. The van der Waals surface area contributed by atoms with Crippen molar-refractivity contribution in [3.05, 3.63) is 59.7 Å². The van der Waals surface area contributed by atoms with Gasteiger partial charge in [0.25, 0.3) is 5.91 Å². The topological polar surface area (TPSA) is 243 Å². The van der Waals surface area contributed by atoms with Gasteiger partial charge in [-0.15, -0.1) is 0 Å². The van der Waals surface area contributed by atoms with Crippen molar-refractivity contribution in [2.24, 2.45) is 17.6 Å². The molecule has 16 heteroatoms. The van der Waals surface area contributed by atoms with Crippen molar-refractivity contribution in [2.75, 3.05) is 20.6 Å². The number of rotatable bonds is 23. The van der Waals surface area contributed by atoms with Crippen LogP contribution in [0.1, 0.15) is 97.1 Å². The largest absolute Gasteiger partial charge is 0.508 e. The Labute approximate surface area is 359 Å². The van der Waals surface area contributed by atoms with Crippen molar-refractivity contribution < 1.29 is 49.2 Å². The summed E-state index contributed by atoms with van der Waals surface area (Å²) in [7, 11) is 2.90. The van der Waals surface area contributed by atoms with E-state index >= 15 is 0 Å². The molecule has 1 saturated heterocycles. The zero-order valence-electron chi connectivity index (χ0n) is 36.8. The van der Waals surface area contributed by atoms with Gasteiger partial charge in [0.1, 0.15) is 47.8 Å². The third-order valence-electron chi connectivity index (χ3n) is 11.5. The second kappa shape index (κ2) is 23.7. The first-order chi connectivity index (χ1) is 28.8. The number of nitrogens with zero attached hydrogens (tertiary/aromatic N) is 3. The average Bonchev–Trinajstić information content (AvgIpc) is 3.72. The number of phenols is 2. The molecule has 8 N–H and O–H groups in total. The fraction of sp³-hybridized carbons (Fsp3) is 0.600. The van der Waals surface area contributed by atoms with Gasteiger partial charge in [-0.3, -0.25) is 24.0 Å². The van der Waals surface area contributed by atoms with Crippen molar-refractivity contribution in [2.45, 2.75) is 141 Å². The number of aliphatic hydroxyl groups excluding tert-OH is 1. The fourth-order valence-electron chi connectivity index (χ4n) is 7.78. The Bertz CT molecular complexity index is 1770. The summed E-state index contributed by atoms with van der Waals surface area (Å²) in [6.45, 7) is 9.24. The average molecular weight is 853 g/mol. The number of benzene rings is 2. The van der Waals surface area contributed by atoms with Gasteiger partial charge in [0.2, 0.25) is 23.6 Å². The van der Waals surface area contributed by atoms with Crippen LogP contribution in [0.15, 0.2) is 48.5 Å². The van der Waals surface area contributed by atoms with E-state index in [0.717, 1.165) is 32.1 Å². The monoisotopic (exact) mass is 852 g/mol. The Hall–Kier alpha value is -5.22. The number of carboxylic acid groups (broad SMARTS) is 1. The van der Waals surface area contributed by atoms with Crippen molar-refractivity contribution in [3.63, 3.8) is 0 Å². The van der Waals surface area contributed by atoms with E-state index in [4.69, 9.17) is 5.73 Å². The number of unbranched alkanes of at least 4 members (excludes halogenated alkanes) is 4. The number of likely N-dealkylation sites (N-methyl/N-ethyl adjacent to an activating group) is 2. The summed E-state index contributed by atoms with van der Waals surface area (Å²) in [5.41, 5.74) is 7.34. The van der Waals surface area contributed by atoms with Gasteiger partial charge in [-0.05, 0) is 66.5 Å². The van der Waals surface area contributed by atoms with Crippen LogP contribution in [0.3, 0.4) is 0 Å². The highest BCUT2D eigenvalue weighted by Gasteiger charge is 2.44. The second-order valence-electron chi connectivity index (χ2n) is 17.0. The third-order valence-corrected chi connectivity index (χ3v) is 11.5. The van der Waals surface area contributed by atoms with Crippen LogP contribution in [0.25, 0.3) is 0 Å². The molecule has 338 valence electrons. The molecule has 7 unspecified atom stereocenters. The summed E-state index contributed by atoms with van der Waals surface area (Å²) < 4.78 is 0. The molecule has 7 atom stereocenters. The minimum Gasteiger partial charge on any atom is -0.508 e. The minimum absolute atomic E-state index is 0.00339. The Kier molecular flexibility index (Phi) is 19.5. The van der Waals surface area contributed by atoms with Crippen LogP contribution in [-0.4, -0.2) is 134 Å². The first-order valence-electron chi connectivity index (χ1n) is 21.5. The normalized spacial score (nSPS) is 16.9. The molecule has 61 heavy (non-hydrogen) atoms. The lowest BCUT2D eigenvalue weighted by Crippen LogP contribution is -2.61. The number of nitrogens with one attached hydrogen (secondary N) is 2. The maximum Gasteiger partial charge on any atom is 0.326 e. The number of likely N-dealkylation sites (tertiary alicyclic amines) is 1. The number of amides is 5. The number of aromatic hydroxyl groups is 2. The van der Waals surface area contributed by atoms with Crippen LogP contribution in [0.4, 0.5) is 0 Å². The van der Waals surface area contributed by atoms with E-state index in [0.29, 0.717) is 24.0 Å². The summed E-state index contributed by atoms with van der Waals surface area (Å²) in [5, 5.41) is 45.6. The Morgan fingerprint density at radius 1 is 0.787 bits per heavy atom. The number of hydrogen-bond donors (Lipinski definition) is 7. The molecule has 0 aliphatic carbocycles. The lowest BCUT2D eigenvalue weighted by molar-refractivity contribution is -0.154. The number of nitrogens with two attached hydrogens (primary N) is 1. The van der Waals surface area contributed by atoms with Gasteiger partial charge < -0.3 is 51.5 Å². The molecular weight excluding hydrogens is 785 g/mol. The number of carbonyl (C=O) groups excluding carboxylic acids is 5. The Morgan fingerprint density at radius 2 is 1.34 bits per heavy atom. The molecule has 0 saturated carbocycles. The molecule has 1 fully saturated rings. The molecular formula is C45H68N6O10. The molecule has 0 spiro atoms. The number of phenolic OH excluding ortho intramolecular Hbond substituents is 2. The van der Waals surface area contributed by atoms with Gasteiger partial charge in [-0.25, -0.2) is 4.79 Å². The first-order valence-corrected chi connectivity index (χ1v) is 21.5. The number of aliphatic carboxylic acids is 1. The zero-order chi connectivity index (χ0) is 45.6. The molecule has 1 heterocycles. The maximum atomic E-state index is 14.7. The van der Waals surface area contributed by atoms with Crippen LogP contribution < -0.4 is 16.4 Å². The lowest BCUT2D eigenvalue weighted by Gasteiger charge is -2.39. The van der Waals surface area contributed by atoms with Crippen molar-refractivity contribution in [1.29, 1.82) is 0 Å². The van der Waals surface area contributed by atoms with Gasteiger partial charge >= 0.3 is 5.97 Å². The van der Waals surface area contributed by atoms with Crippen LogP contribution in [-0.2, 0) is 41.6 Å². The number of hydrogen-bond acceptors (Lipinski definition) is 10. The molecule has 16 nitrogen and oxygen atoms in total. The molecule has 0 bridgehead atoms. The number of carbonyl (C=O) groups is 6. The molecule has 2 aromatic rings. The zero-order valence-corrected chi connectivity index (χ0v) is 36.8. The summed E-state index contributed by atoms with van der Waals surface area (Å²) in [6.07, 6.45) is 4.38. The quantitative estimate of drug-likeness (QED) is 0.0802. The molecule has 1 aliphatic heterocycles. The molecule has 3 rings (SSSR count). The van der Waals surface area contributed by atoms with Gasteiger partial charge in [0, 0.05) is 39.5 Å². The van der Waals surface area contributed by atoms with Gasteiger partial charge in [0.05, 0.1) is 0 Å². The summed E-state index contributed by atoms with van der Waals surface area (Å²) in [6, 6.07) is 5.44. The van der Waals surface area contributed by atoms with E-state index in [-0.39, 0.29) is 37.3 Å². The van der Waals surface area contributed by atoms with Crippen molar-refractivity contribution >= 4 is 35.5 Å². The molecule has 1 aliphatic rings. The minimum atomic E-state index is -1.54. The van der Waals surface area contributed by atoms with E-state index in [1.165, 1.54) is 53.1 Å². The first kappa shape index (κ1) is 50.1. The number of aliphatic hydroxyl groups is 1. The Morgan fingerprint density at radius 3 is 1.87 bits per heavy atom. The van der Waals surface area contributed by atoms with Gasteiger partial charge in [0.15, 0.2) is 0 Å². The second-order valence-corrected chi connectivity index (χ2v) is 17.0. The van der Waals surface area contributed by atoms with Crippen LogP contribution in [0, 0.1) is 11.8 Å². The maximum absolute atomic E-state index is 14.7. The van der Waals surface area contributed by atoms with E-state index < -0.39 is 89.7 Å². The predicted molar refractivity (Wildman–Crippen MR) is 230 cm³/mol. The van der Waals surface area contributed by atoms with Gasteiger partial charge in [-0.2, -0.15) is 0 Å². The third kappa shape index (κ3) is 14.2. The molecule has 0 aromatic heterocycles. The van der Waals surface area contributed by atoms with E-state index in [1.54, 1.807) is 52.0 Å². The Balaban J connectivity index is 1.86. The standard InChI is InChI=1S/C45H68N6O10/c1-8-9-10-11-12-14-33(46)39(54)41(56)48-37(27(2)3)43(58)50(7)38(28(4)5)44(59)49(6)36(26-30-18-22-32(53)23-19-30)42(57)51-24-13-15-35(51)40(55)47-34(45(60)61)25-29-16-20-31(52)21-17-29/h16-23,27-28,33-39,52-54H,8-15,24-26,46H2,1-7H3,(H,47,55)(H,48,56)(H,60,61). The highest BCUT2D eigenvalue weighted by atomic mass is 16.4. The van der Waals surface area contributed by atoms with Crippen molar-refractivity contribution in [1.82, 2.24) is 25.3 Å². The smallest absolute Gasteiger partial charge is 0.326 e. The highest BCUT2D eigenvalue weighted by Crippen LogP contribution is 2.25. The summed E-state index contributed by atoms with van der Waals surface area (Å²) in [4.78, 5) is 86.6. The lowest BCUT2D eigenvalue weighted by atomic mass is 9.95. The van der Waals surface area contributed by atoms with E-state index in [2.05, 4.69) is 17.6 Å². The van der Waals surface area contributed by atoms with Gasteiger partial charge in [-0.1, -0.05) is 91.0 Å². The summed E-state index contributed by atoms with van der Waals surface area (Å²) in [5.74, 6) is -5.38. The van der Waals surface area contributed by atoms with Crippen LogP contribution in [0.5, 0.6) is 11.5 Å². The molecule has 0 radical (unpaired) electrons. The van der Waals surface area contributed by atoms with Crippen LogP contribution >= 0.6 is 0 Å². The van der Waals surface area contributed by atoms with Crippen molar-refractivity contribution in [3.8, 4) is 11.5 Å². The fourth-order valence-corrected chi connectivity index (χ4v) is 7.78.